The summed E-state index contributed by atoms with van der Waals surface area (Å²) in [7, 11) is 0. The van der Waals surface area contributed by atoms with Gasteiger partial charge in [0.2, 0.25) is 0 Å². The topological polar surface area (TPSA) is 37.3 Å². The lowest BCUT2D eigenvalue weighted by Gasteiger charge is -2.14. The molecule has 0 atom stereocenters. The summed E-state index contributed by atoms with van der Waals surface area (Å²) in [4.78, 5) is 11.2. The van der Waals surface area contributed by atoms with E-state index in [1.165, 1.54) is 12.1 Å². The molecular weight excluding hydrogens is 342 g/mol. The molecule has 0 heterocycles. The van der Waals surface area contributed by atoms with Crippen LogP contribution in [0.15, 0.2) is 24.3 Å². The summed E-state index contributed by atoms with van der Waals surface area (Å²) in [6.07, 6.45) is 0. The summed E-state index contributed by atoms with van der Waals surface area (Å²) in [6, 6.07) is 6.30. The van der Waals surface area contributed by atoms with Gasteiger partial charge in [0.25, 0.3) is 0 Å². The molecule has 2 nitrogen and oxygen atoms in total. The zero-order valence-electron chi connectivity index (χ0n) is 10.2. The molecule has 0 radical (unpaired) electrons. The SMILES string of the molecule is Cc1c(C(=O)O)cccc1-c1c(Cl)c(Cl)cc(Cl)c1Cl. The molecule has 0 saturated heterocycles. The van der Waals surface area contributed by atoms with E-state index in [1.54, 1.807) is 19.1 Å². The second-order valence-electron chi connectivity index (χ2n) is 4.13. The van der Waals surface area contributed by atoms with Gasteiger partial charge in [0.05, 0.1) is 25.7 Å². The number of carboxylic acids is 1. The Hall–Kier alpha value is -0.930. The van der Waals surface area contributed by atoms with Gasteiger partial charge in [-0.25, -0.2) is 4.79 Å². The molecule has 2 rings (SSSR count). The molecular formula is C14H8Cl4O2. The number of hydrogen-bond donors (Lipinski definition) is 1. The van der Waals surface area contributed by atoms with Crippen molar-refractivity contribution in [3.8, 4) is 11.1 Å². The molecule has 0 spiro atoms. The highest BCUT2D eigenvalue weighted by molar-refractivity contribution is 6.50. The van der Waals surface area contributed by atoms with E-state index in [0.29, 0.717) is 16.7 Å². The smallest absolute Gasteiger partial charge is 0.335 e. The van der Waals surface area contributed by atoms with E-state index < -0.39 is 5.97 Å². The minimum Gasteiger partial charge on any atom is -0.478 e. The van der Waals surface area contributed by atoms with Crippen molar-refractivity contribution in [2.45, 2.75) is 6.92 Å². The number of carbonyl (C=O) groups is 1. The third-order valence-electron chi connectivity index (χ3n) is 2.95. The zero-order chi connectivity index (χ0) is 15.0. The summed E-state index contributed by atoms with van der Waals surface area (Å²) in [6.45, 7) is 1.68. The van der Waals surface area contributed by atoms with Crippen LogP contribution in [0.4, 0.5) is 0 Å². The molecule has 0 unspecified atom stereocenters. The van der Waals surface area contributed by atoms with E-state index in [4.69, 9.17) is 51.5 Å². The van der Waals surface area contributed by atoms with Gasteiger partial charge in [-0.15, -0.1) is 0 Å². The van der Waals surface area contributed by atoms with Gasteiger partial charge >= 0.3 is 5.97 Å². The first-order valence-corrected chi connectivity index (χ1v) is 7.02. The van der Waals surface area contributed by atoms with Crippen LogP contribution in [0.3, 0.4) is 0 Å². The number of benzene rings is 2. The number of carboxylic acid groups (broad SMARTS) is 1. The predicted molar refractivity (Wildman–Crippen MR) is 83.6 cm³/mol. The van der Waals surface area contributed by atoms with E-state index in [-0.39, 0.29) is 25.7 Å². The van der Waals surface area contributed by atoms with Crippen LogP contribution in [0.5, 0.6) is 0 Å². The van der Waals surface area contributed by atoms with Crippen molar-refractivity contribution >= 4 is 52.4 Å². The fourth-order valence-electron chi connectivity index (χ4n) is 1.95. The van der Waals surface area contributed by atoms with E-state index in [0.717, 1.165) is 0 Å². The summed E-state index contributed by atoms with van der Waals surface area (Å²) in [5.41, 5.74) is 1.74. The summed E-state index contributed by atoms with van der Waals surface area (Å²) < 4.78 is 0. The third kappa shape index (κ3) is 2.61. The Kier molecular flexibility index (Phi) is 4.50. The van der Waals surface area contributed by atoms with Crippen molar-refractivity contribution in [3.05, 3.63) is 55.5 Å². The molecule has 20 heavy (non-hydrogen) atoms. The maximum absolute atomic E-state index is 11.2. The van der Waals surface area contributed by atoms with Crippen molar-refractivity contribution in [3.63, 3.8) is 0 Å². The van der Waals surface area contributed by atoms with Crippen molar-refractivity contribution in [1.29, 1.82) is 0 Å². The van der Waals surface area contributed by atoms with Gasteiger partial charge in [-0.2, -0.15) is 0 Å². The number of aromatic carboxylic acids is 1. The molecule has 1 N–H and O–H groups in total. The molecule has 104 valence electrons. The average molecular weight is 350 g/mol. The number of rotatable bonds is 2. The minimum atomic E-state index is -1.02. The standard InChI is InChI=1S/C14H8Cl4O2/c1-6-7(3-2-4-8(6)14(19)20)11-12(17)9(15)5-10(16)13(11)18/h2-5H,1H3,(H,19,20). The molecule has 0 amide bonds. The van der Waals surface area contributed by atoms with Crippen LogP contribution in [0.25, 0.3) is 11.1 Å². The number of hydrogen-bond acceptors (Lipinski definition) is 1. The van der Waals surface area contributed by atoms with Crippen molar-refractivity contribution in [2.75, 3.05) is 0 Å². The second-order valence-corrected chi connectivity index (χ2v) is 5.70. The highest BCUT2D eigenvalue weighted by atomic mass is 35.5. The maximum atomic E-state index is 11.2. The van der Waals surface area contributed by atoms with Gasteiger partial charge in [0.15, 0.2) is 0 Å². The Morgan fingerprint density at radius 3 is 2.10 bits per heavy atom. The fraction of sp³-hybridized carbons (Fsp3) is 0.0714. The molecule has 6 heteroatoms. The minimum absolute atomic E-state index is 0.172. The van der Waals surface area contributed by atoms with Crippen LogP contribution >= 0.6 is 46.4 Å². The summed E-state index contributed by atoms with van der Waals surface area (Å²) >= 11 is 24.4. The molecule has 0 aliphatic carbocycles. The lowest BCUT2D eigenvalue weighted by Crippen LogP contribution is -2.01. The first-order chi connectivity index (χ1) is 9.34. The first-order valence-electron chi connectivity index (χ1n) is 5.51. The Morgan fingerprint density at radius 2 is 1.60 bits per heavy atom. The molecule has 0 bridgehead atoms. The maximum Gasteiger partial charge on any atom is 0.335 e. The Balaban J connectivity index is 2.82. The fourth-order valence-corrected chi connectivity index (χ4v) is 2.96. The van der Waals surface area contributed by atoms with E-state index in [1.807, 2.05) is 0 Å². The summed E-state index contributed by atoms with van der Waals surface area (Å²) in [5.74, 6) is -1.02. The van der Waals surface area contributed by atoms with Gasteiger partial charge in [-0.05, 0) is 30.2 Å². The van der Waals surface area contributed by atoms with Crippen molar-refractivity contribution in [1.82, 2.24) is 0 Å². The average Bonchev–Trinajstić information content (AvgIpc) is 2.38. The largest absolute Gasteiger partial charge is 0.478 e. The van der Waals surface area contributed by atoms with E-state index >= 15 is 0 Å². The third-order valence-corrected chi connectivity index (χ3v) is 4.52. The molecule has 2 aromatic carbocycles. The van der Waals surface area contributed by atoms with Gasteiger partial charge in [0, 0.05) is 5.56 Å². The van der Waals surface area contributed by atoms with Gasteiger partial charge < -0.3 is 5.11 Å². The molecule has 0 fully saturated rings. The van der Waals surface area contributed by atoms with Crippen molar-refractivity contribution < 1.29 is 9.90 Å². The van der Waals surface area contributed by atoms with Crippen LogP contribution in [0.2, 0.25) is 20.1 Å². The van der Waals surface area contributed by atoms with Gasteiger partial charge in [0.1, 0.15) is 0 Å². The molecule has 0 saturated carbocycles. The Labute approximate surface area is 135 Å². The zero-order valence-corrected chi connectivity index (χ0v) is 13.2. The van der Waals surface area contributed by atoms with Crippen LogP contribution in [-0.2, 0) is 0 Å². The number of halogens is 4. The first kappa shape index (κ1) is 15.5. The predicted octanol–water partition coefficient (Wildman–Crippen LogP) is 5.97. The van der Waals surface area contributed by atoms with Crippen LogP contribution < -0.4 is 0 Å². The second kappa shape index (κ2) is 5.82. The monoisotopic (exact) mass is 348 g/mol. The van der Waals surface area contributed by atoms with Gasteiger partial charge in [-0.3, -0.25) is 0 Å². The van der Waals surface area contributed by atoms with Crippen LogP contribution in [0.1, 0.15) is 15.9 Å². The van der Waals surface area contributed by atoms with E-state index in [9.17, 15) is 4.79 Å². The summed E-state index contributed by atoms with van der Waals surface area (Å²) in [5, 5.41) is 10.2. The van der Waals surface area contributed by atoms with E-state index in [2.05, 4.69) is 0 Å². The lowest BCUT2D eigenvalue weighted by molar-refractivity contribution is 0.0696. The Bertz CT molecular complexity index is 685. The molecule has 0 aliphatic heterocycles. The lowest BCUT2D eigenvalue weighted by atomic mass is 9.96. The Morgan fingerprint density at radius 1 is 1.05 bits per heavy atom. The normalized spacial score (nSPS) is 10.7. The van der Waals surface area contributed by atoms with Crippen LogP contribution in [-0.4, -0.2) is 11.1 Å². The highest BCUT2D eigenvalue weighted by Gasteiger charge is 2.19. The van der Waals surface area contributed by atoms with Crippen molar-refractivity contribution in [2.24, 2.45) is 0 Å². The van der Waals surface area contributed by atoms with Gasteiger partial charge in [-0.1, -0.05) is 58.5 Å². The highest BCUT2D eigenvalue weighted by Crippen LogP contribution is 2.44. The van der Waals surface area contributed by atoms with Crippen LogP contribution in [0, 0.1) is 6.92 Å². The molecule has 0 aliphatic rings. The molecule has 0 aromatic heterocycles. The molecule has 2 aromatic rings. The quantitative estimate of drug-likeness (QED) is 0.677.